The first-order valence-electron chi connectivity index (χ1n) is 6.48. The predicted molar refractivity (Wildman–Crippen MR) is 71.3 cm³/mol. The van der Waals surface area contributed by atoms with Crippen molar-refractivity contribution < 1.29 is 18.3 Å². The Balaban J connectivity index is 1.88. The molecule has 0 unspecified atom stereocenters. The Hall–Kier alpha value is -1.86. The summed E-state index contributed by atoms with van der Waals surface area (Å²) >= 11 is 0. The number of hydrogen-bond donors (Lipinski definition) is 2. The van der Waals surface area contributed by atoms with Gasteiger partial charge in [-0.2, -0.15) is 18.3 Å². The summed E-state index contributed by atoms with van der Waals surface area (Å²) in [5.41, 5.74) is 0.848. The van der Waals surface area contributed by atoms with Crippen LogP contribution in [-0.2, 0) is 25.8 Å². The van der Waals surface area contributed by atoms with Crippen LogP contribution in [0.1, 0.15) is 16.7 Å². The highest BCUT2D eigenvalue weighted by atomic mass is 19.4. The first-order valence-corrected chi connectivity index (χ1v) is 6.48. The number of aromatic nitrogens is 2. The topological polar surface area (TPSA) is 50.1 Å². The van der Waals surface area contributed by atoms with Crippen molar-refractivity contribution in [3.63, 3.8) is 0 Å². The van der Waals surface area contributed by atoms with E-state index in [2.05, 4.69) is 10.4 Å². The maximum absolute atomic E-state index is 12.6. The third-order valence-electron chi connectivity index (χ3n) is 2.93. The van der Waals surface area contributed by atoms with Gasteiger partial charge in [-0.15, -0.1) is 0 Å². The fourth-order valence-corrected chi connectivity index (χ4v) is 1.93. The van der Waals surface area contributed by atoms with Crippen molar-refractivity contribution in [1.29, 1.82) is 0 Å². The Bertz CT molecular complexity index is 581. The Morgan fingerprint density at radius 2 is 1.95 bits per heavy atom. The van der Waals surface area contributed by atoms with Gasteiger partial charge < -0.3 is 10.4 Å². The lowest BCUT2D eigenvalue weighted by molar-refractivity contribution is -0.137. The molecule has 1 aromatic heterocycles. The number of hydrogen-bond acceptors (Lipinski definition) is 3. The number of rotatable bonds is 6. The van der Waals surface area contributed by atoms with Crippen molar-refractivity contribution >= 4 is 0 Å². The third-order valence-corrected chi connectivity index (χ3v) is 2.93. The molecule has 21 heavy (non-hydrogen) atoms. The van der Waals surface area contributed by atoms with Gasteiger partial charge in [0, 0.05) is 24.8 Å². The number of aliphatic hydroxyl groups excluding tert-OH is 1. The van der Waals surface area contributed by atoms with Gasteiger partial charge in [0.05, 0.1) is 24.9 Å². The number of benzene rings is 1. The van der Waals surface area contributed by atoms with Crippen molar-refractivity contribution in [3.8, 4) is 0 Å². The van der Waals surface area contributed by atoms with Crippen LogP contribution in [0, 0.1) is 0 Å². The first kappa shape index (κ1) is 15.5. The smallest absolute Gasteiger partial charge is 0.394 e. The molecule has 1 heterocycles. The minimum absolute atomic E-state index is 0.0127. The SMILES string of the molecule is OCCn1cc(CNCc2cccc(C(F)(F)F)c2)cn1. The van der Waals surface area contributed by atoms with Crippen molar-refractivity contribution in [2.24, 2.45) is 0 Å². The number of nitrogens with one attached hydrogen (secondary N) is 1. The van der Waals surface area contributed by atoms with Gasteiger partial charge >= 0.3 is 6.18 Å². The van der Waals surface area contributed by atoms with Crippen LogP contribution in [0.15, 0.2) is 36.7 Å². The monoisotopic (exact) mass is 299 g/mol. The van der Waals surface area contributed by atoms with Gasteiger partial charge in [-0.25, -0.2) is 0 Å². The maximum Gasteiger partial charge on any atom is 0.416 e. The number of alkyl halides is 3. The van der Waals surface area contributed by atoms with Crippen LogP contribution in [0.4, 0.5) is 13.2 Å². The molecule has 0 aliphatic carbocycles. The second-order valence-corrected chi connectivity index (χ2v) is 4.64. The molecule has 2 N–H and O–H groups in total. The summed E-state index contributed by atoms with van der Waals surface area (Å²) < 4.78 is 39.3. The molecular formula is C14H16F3N3O. The van der Waals surface area contributed by atoms with Crippen molar-refractivity contribution in [3.05, 3.63) is 53.3 Å². The van der Waals surface area contributed by atoms with Gasteiger partial charge in [-0.3, -0.25) is 4.68 Å². The average Bonchev–Trinajstić information content (AvgIpc) is 2.86. The van der Waals surface area contributed by atoms with Gasteiger partial charge in [0.1, 0.15) is 0 Å². The van der Waals surface area contributed by atoms with Crippen LogP contribution in [0.2, 0.25) is 0 Å². The number of halogens is 3. The highest BCUT2D eigenvalue weighted by Gasteiger charge is 2.30. The van der Waals surface area contributed by atoms with Crippen LogP contribution < -0.4 is 5.32 Å². The highest BCUT2D eigenvalue weighted by Crippen LogP contribution is 2.29. The molecule has 0 fully saturated rings. The van der Waals surface area contributed by atoms with Crippen LogP contribution in [0.3, 0.4) is 0 Å². The minimum Gasteiger partial charge on any atom is -0.394 e. The second-order valence-electron chi connectivity index (χ2n) is 4.64. The Labute approximate surface area is 120 Å². The molecule has 1 aromatic carbocycles. The molecule has 0 bridgehead atoms. The lowest BCUT2D eigenvalue weighted by atomic mass is 10.1. The zero-order valence-corrected chi connectivity index (χ0v) is 11.3. The van der Waals surface area contributed by atoms with Gasteiger partial charge in [-0.05, 0) is 11.6 Å². The van der Waals surface area contributed by atoms with Crippen LogP contribution in [0.5, 0.6) is 0 Å². The van der Waals surface area contributed by atoms with E-state index in [4.69, 9.17) is 5.11 Å². The fraction of sp³-hybridized carbons (Fsp3) is 0.357. The summed E-state index contributed by atoms with van der Waals surface area (Å²) in [6, 6.07) is 5.25. The predicted octanol–water partition coefficient (Wildman–Crippen LogP) is 2.18. The molecule has 4 nitrogen and oxygen atoms in total. The maximum atomic E-state index is 12.6. The van der Waals surface area contributed by atoms with E-state index < -0.39 is 11.7 Å². The molecule has 7 heteroatoms. The van der Waals surface area contributed by atoms with Gasteiger partial charge in [0.25, 0.3) is 0 Å². The van der Waals surface area contributed by atoms with E-state index in [0.717, 1.165) is 17.7 Å². The number of aliphatic hydroxyl groups is 1. The molecular weight excluding hydrogens is 283 g/mol. The molecule has 0 radical (unpaired) electrons. The summed E-state index contributed by atoms with van der Waals surface area (Å²) in [5.74, 6) is 0. The molecule has 2 rings (SSSR count). The Morgan fingerprint density at radius 1 is 1.19 bits per heavy atom. The third kappa shape index (κ3) is 4.57. The van der Waals surface area contributed by atoms with Gasteiger partial charge in [0.2, 0.25) is 0 Å². The first-order chi connectivity index (χ1) is 9.99. The van der Waals surface area contributed by atoms with Crippen molar-refractivity contribution in [2.45, 2.75) is 25.8 Å². The second kappa shape index (κ2) is 6.73. The van der Waals surface area contributed by atoms with Crippen LogP contribution >= 0.6 is 0 Å². The molecule has 0 amide bonds. The minimum atomic E-state index is -4.32. The molecule has 0 spiro atoms. The van der Waals surface area contributed by atoms with Crippen LogP contribution in [-0.4, -0.2) is 21.5 Å². The Kier molecular flexibility index (Phi) is 4.98. The molecule has 2 aromatic rings. The summed E-state index contributed by atoms with van der Waals surface area (Å²) in [4.78, 5) is 0. The zero-order chi connectivity index (χ0) is 15.3. The fourth-order valence-electron chi connectivity index (χ4n) is 1.93. The van der Waals surface area contributed by atoms with Gasteiger partial charge in [-0.1, -0.05) is 18.2 Å². The Morgan fingerprint density at radius 3 is 2.67 bits per heavy atom. The molecule has 0 saturated heterocycles. The zero-order valence-electron chi connectivity index (χ0n) is 11.3. The van der Waals surface area contributed by atoms with E-state index >= 15 is 0 Å². The van der Waals surface area contributed by atoms with Crippen molar-refractivity contribution in [1.82, 2.24) is 15.1 Å². The summed E-state index contributed by atoms with van der Waals surface area (Å²) in [5, 5.41) is 15.9. The summed E-state index contributed by atoms with van der Waals surface area (Å²) in [6.45, 7) is 1.28. The van der Waals surface area contributed by atoms with Crippen LogP contribution in [0.25, 0.3) is 0 Å². The molecule has 0 aliphatic heterocycles. The van der Waals surface area contributed by atoms with E-state index in [1.807, 2.05) is 0 Å². The summed E-state index contributed by atoms with van der Waals surface area (Å²) in [7, 11) is 0. The largest absolute Gasteiger partial charge is 0.416 e. The van der Waals surface area contributed by atoms with E-state index in [-0.39, 0.29) is 6.61 Å². The number of nitrogens with zero attached hydrogens (tertiary/aromatic N) is 2. The molecule has 0 atom stereocenters. The van der Waals surface area contributed by atoms with E-state index in [1.165, 1.54) is 6.07 Å². The lowest BCUT2D eigenvalue weighted by Gasteiger charge is -2.09. The van der Waals surface area contributed by atoms with E-state index in [9.17, 15) is 13.2 Å². The van der Waals surface area contributed by atoms with E-state index in [1.54, 1.807) is 23.1 Å². The van der Waals surface area contributed by atoms with E-state index in [0.29, 0.717) is 25.2 Å². The molecule has 114 valence electrons. The van der Waals surface area contributed by atoms with Gasteiger partial charge in [0.15, 0.2) is 0 Å². The standard InChI is InChI=1S/C14H16F3N3O/c15-14(16,17)13-3-1-2-11(6-13)7-18-8-12-9-19-20(10-12)4-5-21/h1-3,6,9-10,18,21H,4-5,7-8H2. The average molecular weight is 299 g/mol. The molecule has 0 saturated carbocycles. The molecule has 0 aliphatic rings. The summed E-state index contributed by atoms with van der Waals surface area (Å²) in [6.07, 6.45) is -0.869. The highest BCUT2D eigenvalue weighted by molar-refractivity contribution is 5.25. The lowest BCUT2D eigenvalue weighted by Crippen LogP contribution is -2.13. The van der Waals surface area contributed by atoms with Crippen molar-refractivity contribution in [2.75, 3.05) is 6.61 Å². The quantitative estimate of drug-likeness (QED) is 0.859. The normalized spacial score (nSPS) is 11.8.